The summed E-state index contributed by atoms with van der Waals surface area (Å²) >= 11 is 0. The molecule has 0 spiro atoms. The van der Waals surface area contributed by atoms with Gasteiger partial charge in [0.1, 0.15) is 5.75 Å². The summed E-state index contributed by atoms with van der Waals surface area (Å²) in [6.07, 6.45) is 0. The highest BCUT2D eigenvalue weighted by molar-refractivity contribution is 5.90. The molecule has 17 heavy (non-hydrogen) atoms. The Labute approximate surface area is 99.2 Å². The van der Waals surface area contributed by atoms with Crippen LogP contribution in [0.2, 0.25) is 0 Å². The largest absolute Gasteiger partial charge is 0.508 e. The molecule has 0 saturated heterocycles. The van der Waals surface area contributed by atoms with Gasteiger partial charge in [-0.25, -0.2) is 0 Å². The molecule has 0 aliphatic rings. The lowest BCUT2D eigenvalue weighted by Crippen LogP contribution is -2.20. The number of anilines is 1. The molecular weight excluding hydrogens is 214 g/mol. The zero-order chi connectivity index (χ0) is 12.3. The summed E-state index contributed by atoms with van der Waals surface area (Å²) in [5, 5.41) is 19.2. The van der Waals surface area contributed by atoms with Gasteiger partial charge in [-0.2, -0.15) is 0 Å². The number of hydrogen-bond donors (Lipinski definition) is 4. The SMILES string of the molecule is N=C(N)Nc1ccc(-c2cccc(O)c2)cc1. The Kier molecular flexibility index (Phi) is 2.96. The van der Waals surface area contributed by atoms with Gasteiger partial charge in [0, 0.05) is 5.69 Å². The second kappa shape index (κ2) is 4.57. The molecule has 0 bridgehead atoms. The van der Waals surface area contributed by atoms with Crippen LogP contribution in [0.15, 0.2) is 48.5 Å². The number of aromatic hydroxyl groups is 1. The molecular formula is C13H13N3O. The summed E-state index contributed by atoms with van der Waals surface area (Å²) in [4.78, 5) is 0. The van der Waals surface area contributed by atoms with E-state index in [2.05, 4.69) is 5.32 Å². The minimum atomic E-state index is -0.0879. The summed E-state index contributed by atoms with van der Waals surface area (Å²) in [7, 11) is 0. The molecule has 4 heteroatoms. The molecule has 0 unspecified atom stereocenters. The van der Waals surface area contributed by atoms with E-state index in [9.17, 15) is 5.11 Å². The van der Waals surface area contributed by atoms with Gasteiger partial charge >= 0.3 is 0 Å². The van der Waals surface area contributed by atoms with E-state index in [0.717, 1.165) is 16.8 Å². The Morgan fingerprint density at radius 3 is 2.35 bits per heavy atom. The molecule has 2 rings (SSSR count). The lowest BCUT2D eigenvalue weighted by Gasteiger charge is -2.06. The summed E-state index contributed by atoms with van der Waals surface area (Å²) in [5.41, 5.74) is 7.94. The van der Waals surface area contributed by atoms with Crippen molar-refractivity contribution in [3.63, 3.8) is 0 Å². The third-order valence-corrected chi connectivity index (χ3v) is 2.34. The predicted molar refractivity (Wildman–Crippen MR) is 69.1 cm³/mol. The van der Waals surface area contributed by atoms with E-state index in [1.54, 1.807) is 18.2 Å². The molecule has 4 nitrogen and oxygen atoms in total. The molecule has 2 aromatic rings. The van der Waals surface area contributed by atoms with Gasteiger partial charge in [-0.05, 0) is 35.4 Å². The van der Waals surface area contributed by atoms with Crippen molar-refractivity contribution in [2.24, 2.45) is 5.73 Å². The van der Waals surface area contributed by atoms with Gasteiger partial charge in [0.05, 0.1) is 0 Å². The molecule has 0 heterocycles. The number of rotatable bonds is 2. The van der Waals surface area contributed by atoms with Crippen LogP contribution in [0.1, 0.15) is 0 Å². The van der Waals surface area contributed by atoms with Crippen molar-refractivity contribution < 1.29 is 5.11 Å². The maximum Gasteiger partial charge on any atom is 0.190 e. The lowest BCUT2D eigenvalue weighted by atomic mass is 10.1. The topological polar surface area (TPSA) is 82.1 Å². The summed E-state index contributed by atoms with van der Waals surface area (Å²) in [6, 6.07) is 14.5. The first-order valence-electron chi connectivity index (χ1n) is 5.16. The van der Waals surface area contributed by atoms with Crippen molar-refractivity contribution in [3.8, 4) is 16.9 Å². The third kappa shape index (κ3) is 2.75. The van der Waals surface area contributed by atoms with Crippen LogP contribution in [0.4, 0.5) is 5.69 Å². The molecule has 0 atom stereocenters. The van der Waals surface area contributed by atoms with E-state index in [1.165, 1.54) is 0 Å². The Morgan fingerprint density at radius 2 is 1.76 bits per heavy atom. The highest BCUT2D eigenvalue weighted by atomic mass is 16.3. The molecule has 0 amide bonds. The third-order valence-electron chi connectivity index (χ3n) is 2.34. The quantitative estimate of drug-likeness (QED) is 0.469. The predicted octanol–water partition coefficient (Wildman–Crippen LogP) is 2.36. The Hall–Kier alpha value is -2.49. The van der Waals surface area contributed by atoms with Gasteiger partial charge in [-0.3, -0.25) is 5.41 Å². The van der Waals surface area contributed by atoms with Crippen molar-refractivity contribution >= 4 is 11.6 Å². The number of phenolic OH excluding ortho intramolecular Hbond substituents is 1. The van der Waals surface area contributed by atoms with E-state index in [0.29, 0.717) is 0 Å². The molecule has 5 N–H and O–H groups in total. The number of benzene rings is 2. The molecule has 86 valence electrons. The molecule has 0 fully saturated rings. The van der Waals surface area contributed by atoms with Crippen molar-refractivity contribution in [1.82, 2.24) is 0 Å². The van der Waals surface area contributed by atoms with E-state index in [1.807, 2.05) is 30.3 Å². The van der Waals surface area contributed by atoms with Crippen LogP contribution in [0.3, 0.4) is 0 Å². The van der Waals surface area contributed by atoms with Crippen LogP contribution in [0.25, 0.3) is 11.1 Å². The van der Waals surface area contributed by atoms with Crippen molar-refractivity contribution in [2.75, 3.05) is 5.32 Å². The van der Waals surface area contributed by atoms with E-state index in [-0.39, 0.29) is 11.7 Å². The number of nitrogens with one attached hydrogen (secondary N) is 2. The van der Waals surface area contributed by atoms with Crippen LogP contribution in [-0.2, 0) is 0 Å². The number of hydrogen-bond acceptors (Lipinski definition) is 2. The van der Waals surface area contributed by atoms with Gasteiger partial charge in [-0.15, -0.1) is 0 Å². The zero-order valence-corrected chi connectivity index (χ0v) is 9.14. The normalized spacial score (nSPS) is 9.88. The van der Waals surface area contributed by atoms with Gasteiger partial charge in [0.15, 0.2) is 5.96 Å². The minimum absolute atomic E-state index is 0.0879. The Balaban J connectivity index is 2.26. The van der Waals surface area contributed by atoms with Crippen LogP contribution in [-0.4, -0.2) is 11.1 Å². The average Bonchev–Trinajstić information content (AvgIpc) is 2.29. The number of guanidine groups is 1. The van der Waals surface area contributed by atoms with Crippen molar-refractivity contribution in [1.29, 1.82) is 5.41 Å². The maximum atomic E-state index is 9.39. The fraction of sp³-hybridized carbons (Fsp3) is 0. The summed E-state index contributed by atoms with van der Waals surface area (Å²) in [6.45, 7) is 0. The molecule has 0 aliphatic carbocycles. The first-order valence-corrected chi connectivity index (χ1v) is 5.16. The molecule has 0 saturated carbocycles. The molecule has 2 aromatic carbocycles. The summed E-state index contributed by atoms with van der Waals surface area (Å²) < 4.78 is 0. The fourth-order valence-electron chi connectivity index (χ4n) is 1.59. The Bertz CT molecular complexity index is 535. The smallest absolute Gasteiger partial charge is 0.190 e. The highest BCUT2D eigenvalue weighted by Gasteiger charge is 1.99. The highest BCUT2D eigenvalue weighted by Crippen LogP contribution is 2.24. The first kappa shape index (κ1) is 11.0. The minimum Gasteiger partial charge on any atom is -0.508 e. The van der Waals surface area contributed by atoms with Gasteiger partial charge in [-0.1, -0.05) is 24.3 Å². The van der Waals surface area contributed by atoms with Crippen LogP contribution < -0.4 is 11.1 Å². The van der Waals surface area contributed by atoms with Crippen LogP contribution in [0, 0.1) is 5.41 Å². The molecule has 0 aliphatic heterocycles. The fourth-order valence-corrected chi connectivity index (χ4v) is 1.59. The van der Waals surface area contributed by atoms with Crippen molar-refractivity contribution in [2.45, 2.75) is 0 Å². The van der Waals surface area contributed by atoms with E-state index < -0.39 is 0 Å². The van der Waals surface area contributed by atoms with Gasteiger partial charge in [0.2, 0.25) is 0 Å². The Morgan fingerprint density at radius 1 is 1.06 bits per heavy atom. The zero-order valence-electron chi connectivity index (χ0n) is 9.14. The average molecular weight is 227 g/mol. The second-order valence-electron chi connectivity index (χ2n) is 3.67. The molecule has 0 aromatic heterocycles. The van der Waals surface area contributed by atoms with Crippen molar-refractivity contribution in [3.05, 3.63) is 48.5 Å². The number of nitrogens with two attached hydrogens (primary N) is 1. The first-order chi connectivity index (χ1) is 8.15. The number of phenols is 1. The van der Waals surface area contributed by atoms with Crippen LogP contribution in [0.5, 0.6) is 5.75 Å². The summed E-state index contributed by atoms with van der Waals surface area (Å²) in [5.74, 6) is 0.156. The molecule has 0 radical (unpaired) electrons. The monoisotopic (exact) mass is 227 g/mol. The van der Waals surface area contributed by atoms with Gasteiger partial charge < -0.3 is 16.2 Å². The second-order valence-corrected chi connectivity index (χ2v) is 3.67. The van der Waals surface area contributed by atoms with E-state index >= 15 is 0 Å². The van der Waals surface area contributed by atoms with Gasteiger partial charge in [0.25, 0.3) is 0 Å². The van der Waals surface area contributed by atoms with E-state index in [4.69, 9.17) is 11.1 Å². The standard InChI is InChI=1S/C13H13N3O/c14-13(15)16-11-6-4-9(5-7-11)10-2-1-3-12(17)8-10/h1-8,17H,(H4,14,15,16). The van der Waals surface area contributed by atoms with Crippen LogP contribution >= 0.6 is 0 Å². The maximum absolute atomic E-state index is 9.39. The lowest BCUT2D eigenvalue weighted by molar-refractivity contribution is 0.475.